The molecule has 0 unspecified atom stereocenters. The van der Waals surface area contributed by atoms with Gasteiger partial charge in [-0.15, -0.1) is 0 Å². The van der Waals surface area contributed by atoms with E-state index >= 15 is 0 Å². The molecule has 0 N–H and O–H groups in total. The number of nitrogens with zero attached hydrogens (tertiary/aromatic N) is 1. The number of benzene rings is 1. The van der Waals surface area contributed by atoms with E-state index in [1.807, 2.05) is 7.05 Å². The summed E-state index contributed by atoms with van der Waals surface area (Å²) in [5, 5.41) is 1.83. The molecule has 0 bridgehead atoms. The molecule has 1 aromatic carbocycles. The van der Waals surface area contributed by atoms with Crippen molar-refractivity contribution in [3.8, 4) is 5.95 Å². The van der Waals surface area contributed by atoms with Crippen LogP contribution in [0.1, 0.15) is 18.1 Å². The molecule has 0 spiro atoms. The maximum atomic E-state index is 11.6. The summed E-state index contributed by atoms with van der Waals surface area (Å²) < 4.78 is 15.7. The lowest BCUT2D eigenvalue weighted by molar-refractivity contribution is 0.0947. The zero-order valence-electron chi connectivity index (χ0n) is 12.2. The fourth-order valence-electron chi connectivity index (χ4n) is 2.66. The molecule has 0 amide bonds. The highest BCUT2D eigenvalue weighted by Crippen LogP contribution is 2.43. The van der Waals surface area contributed by atoms with Crippen LogP contribution in [0.3, 0.4) is 0 Å². The van der Waals surface area contributed by atoms with Gasteiger partial charge in [0.25, 0.3) is 0 Å². The minimum atomic E-state index is -0.798. The van der Waals surface area contributed by atoms with Crippen LogP contribution in [-0.4, -0.2) is 31.3 Å². The maximum absolute atomic E-state index is 11.6. The van der Waals surface area contributed by atoms with E-state index in [0.717, 1.165) is 29.5 Å². The van der Waals surface area contributed by atoms with E-state index in [4.69, 9.17) is 37.1 Å². The normalized spacial score (nSPS) is 14.9. The molecule has 1 aliphatic rings. The van der Waals surface area contributed by atoms with Crippen LogP contribution in [0.15, 0.2) is 10.5 Å². The van der Waals surface area contributed by atoms with E-state index < -0.39 is 6.16 Å². The molecule has 5 nitrogen and oxygen atoms in total. The quantitative estimate of drug-likeness (QED) is 0.762. The zero-order chi connectivity index (χ0) is 15.9. The van der Waals surface area contributed by atoms with Crippen molar-refractivity contribution >= 4 is 40.3 Å². The molecular formula is C15H15Cl2NO4. The summed E-state index contributed by atoms with van der Waals surface area (Å²) in [6.07, 6.45) is -0.0255. The number of rotatable bonds is 2. The standard InChI is InChI=1S/C15H15Cl2NO4/c1-3-20-15(19)22-14-9-7-18(2)5-4-8-10(16)6-11(17)13(21-14)12(8)9/h6H,3-5,7H2,1-2H3. The van der Waals surface area contributed by atoms with Gasteiger partial charge in [-0.3, -0.25) is 0 Å². The van der Waals surface area contributed by atoms with Crippen LogP contribution >= 0.6 is 23.2 Å². The highest BCUT2D eigenvalue weighted by atomic mass is 35.5. The van der Waals surface area contributed by atoms with Crippen molar-refractivity contribution in [3.63, 3.8) is 0 Å². The van der Waals surface area contributed by atoms with E-state index in [1.165, 1.54) is 0 Å². The summed E-state index contributed by atoms with van der Waals surface area (Å²) in [6, 6.07) is 1.66. The summed E-state index contributed by atoms with van der Waals surface area (Å²) in [7, 11) is 1.98. The van der Waals surface area contributed by atoms with Crippen LogP contribution in [0.2, 0.25) is 10.0 Å². The number of hydrogen-bond acceptors (Lipinski definition) is 5. The van der Waals surface area contributed by atoms with Gasteiger partial charge in [-0.1, -0.05) is 23.2 Å². The molecule has 0 radical (unpaired) electrons. The van der Waals surface area contributed by atoms with Gasteiger partial charge in [0.2, 0.25) is 0 Å². The van der Waals surface area contributed by atoms with Gasteiger partial charge >= 0.3 is 12.1 Å². The number of ether oxygens (including phenoxy) is 2. The predicted octanol–water partition coefficient (Wildman–Crippen LogP) is 4.26. The van der Waals surface area contributed by atoms with Crippen molar-refractivity contribution in [2.24, 2.45) is 0 Å². The van der Waals surface area contributed by atoms with Crippen LogP contribution in [-0.2, 0) is 17.7 Å². The van der Waals surface area contributed by atoms with Gasteiger partial charge in [0.05, 0.1) is 17.2 Å². The third kappa shape index (κ3) is 2.64. The number of carbonyl (C=O) groups excluding carboxylic acids is 1. The average Bonchev–Trinajstić information content (AvgIpc) is 2.68. The molecule has 3 rings (SSSR count). The molecule has 1 aromatic heterocycles. The second-order valence-electron chi connectivity index (χ2n) is 5.16. The van der Waals surface area contributed by atoms with Gasteiger partial charge in [-0.2, -0.15) is 0 Å². The second-order valence-corrected chi connectivity index (χ2v) is 5.98. The lowest BCUT2D eigenvalue weighted by Gasteiger charge is -2.13. The number of likely N-dealkylation sites (N-methyl/N-ethyl adjacent to an activating group) is 1. The first-order chi connectivity index (χ1) is 10.5. The molecule has 0 aliphatic carbocycles. The molecule has 0 atom stereocenters. The average molecular weight is 344 g/mol. The molecule has 118 valence electrons. The Morgan fingerprint density at radius 3 is 2.86 bits per heavy atom. The first-order valence-electron chi connectivity index (χ1n) is 6.96. The van der Waals surface area contributed by atoms with Gasteiger partial charge < -0.3 is 18.8 Å². The second kappa shape index (κ2) is 5.99. The van der Waals surface area contributed by atoms with E-state index in [-0.39, 0.29) is 12.6 Å². The maximum Gasteiger partial charge on any atom is 0.516 e. The fourth-order valence-corrected chi connectivity index (χ4v) is 3.26. The Kier molecular flexibility index (Phi) is 4.21. The number of furan rings is 1. The van der Waals surface area contributed by atoms with Gasteiger partial charge in [0.15, 0.2) is 5.58 Å². The van der Waals surface area contributed by atoms with Crippen LogP contribution < -0.4 is 4.74 Å². The lowest BCUT2D eigenvalue weighted by Crippen LogP contribution is -2.19. The number of carbonyl (C=O) groups is 1. The van der Waals surface area contributed by atoms with Crippen LogP contribution in [0.4, 0.5) is 4.79 Å². The molecule has 7 heteroatoms. The topological polar surface area (TPSA) is 51.9 Å². The SMILES string of the molecule is CCOC(=O)Oc1oc2c(Cl)cc(Cl)c3c2c1CN(C)CC3. The minimum absolute atomic E-state index is 0.118. The highest BCUT2D eigenvalue weighted by molar-refractivity contribution is 6.39. The van der Waals surface area contributed by atoms with Gasteiger partial charge in [0.1, 0.15) is 0 Å². The first kappa shape index (κ1) is 15.5. The number of hydrogen-bond donors (Lipinski definition) is 0. The Hall–Kier alpha value is -1.43. The van der Waals surface area contributed by atoms with Crippen molar-refractivity contribution in [2.75, 3.05) is 20.2 Å². The smallest absolute Gasteiger partial charge is 0.434 e. The minimum Gasteiger partial charge on any atom is -0.434 e. The van der Waals surface area contributed by atoms with E-state index in [0.29, 0.717) is 22.2 Å². The van der Waals surface area contributed by atoms with Crippen molar-refractivity contribution in [1.29, 1.82) is 0 Å². The molecule has 0 fully saturated rings. The highest BCUT2D eigenvalue weighted by Gasteiger charge is 2.27. The zero-order valence-corrected chi connectivity index (χ0v) is 13.8. The van der Waals surface area contributed by atoms with Crippen molar-refractivity contribution in [1.82, 2.24) is 4.90 Å². The third-order valence-corrected chi connectivity index (χ3v) is 4.26. The van der Waals surface area contributed by atoms with Crippen molar-refractivity contribution < 1.29 is 18.7 Å². The van der Waals surface area contributed by atoms with Crippen LogP contribution in [0.5, 0.6) is 5.95 Å². The Balaban J connectivity index is 2.17. The Morgan fingerprint density at radius 2 is 2.14 bits per heavy atom. The predicted molar refractivity (Wildman–Crippen MR) is 83.9 cm³/mol. The molecule has 2 aromatic rings. The molecule has 22 heavy (non-hydrogen) atoms. The Labute approximate surface area is 137 Å². The molecule has 0 saturated carbocycles. The fraction of sp³-hybridized carbons (Fsp3) is 0.400. The number of halogens is 2. The van der Waals surface area contributed by atoms with E-state index in [1.54, 1.807) is 13.0 Å². The summed E-state index contributed by atoms with van der Waals surface area (Å²) in [6.45, 7) is 3.35. The summed E-state index contributed by atoms with van der Waals surface area (Å²) in [4.78, 5) is 13.7. The van der Waals surface area contributed by atoms with Gasteiger partial charge in [0, 0.05) is 23.5 Å². The summed E-state index contributed by atoms with van der Waals surface area (Å²) in [5.74, 6) is 0.118. The molecule has 0 saturated heterocycles. The lowest BCUT2D eigenvalue weighted by atomic mass is 10.0. The Morgan fingerprint density at radius 1 is 1.36 bits per heavy atom. The Bertz CT molecular complexity index is 741. The van der Waals surface area contributed by atoms with Crippen molar-refractivity contribution in [3.05, 3.63) is 27.2 Å². The first-order valence-corrected chi connectivity index (χ1v) is 7.72. The third-order valence-electron chi connectivity index (χ3n) is 3.64. The summed E-state index contributed by atoms with van der Waals surface area (Å²) >= 11 is 12.5. The summed E-state index contributed by atoms with van der Waals surface area (Å²) in [5.41, 5.74) is 2.22. The van der Waals surface area contributed by atoms with Gasteiger partial charge in [-0.25, -0.2) is 4.79 Å². The monoisotopic (exact) mass is 343 g/mol. The van der Waals surface area contributed by atoms with Crippen molar-refractivity contribution in [2.45, 2.75) is 19.9 Å². The molecule has 1 aliphatic heterocycles. The van der Waals surface area contributed by atoms with Gasteiger partial charge in [-0.05, 0) is 32.0 Å². The molecule has 2 heterocycles. The van der Waals surface area contributed by atoms with Crippen LogP contribution in [0, 0.1) is 0 Å². The molecular weight excluding hydrogens is 329 g/mol. The van der Waals surface area contributed by atoms with E-state index in [2.05, 4.69) is 4.90 Å². The van der Waals surface area contributed by atoms with Crippen LogP contribution in [0.25, 0.3) is 11.0 Å². The van der Waals surface area contributed by atoms with E-state index in [9.17, 15) is 4.79 Å². The largest absolute Gasteiger partial charge is 0.516 e.